The third-order valence-corrected chi connectivity index (χ3v) is 8.78. The Bertz CT molecular complexity index is 657. The van der Waals surface area contributed by atoms with Crippen LogP contribution in [0, 0.1) is 0 Å². The van der Waals surface area contributed by atoms with Crippen molar-refractivity contribution >= 4 is 17.9 Å². The van der Waals surface area contributed by atoms with Gasteiger partial charge in [0.2, 0.25) is 0 Å². The van der Waals surface area contributed by atoms with E-state index >= 15 is 0 Å². The molecule has 0 aliphatic rings. The minimum absolute atomic E-state index is 0.185. The second-order valence-corrected chi connectivity index (χ2v) is 11.8. The number of hydrogen-bond donors (Lipinski definition) is 2. The summed E-state index contributed by atoms with van der Waals surface area (Å²) < 4.78 is -0.540. The summed E-state index contributed by atoms with van der Waals surface area (Å²) in [6.45, 7) is 6.61. The number of nitrogens with zero attached hydrogens (tertiary/aromatic N) is 1. The topological polar surface area (TPSA) is 115 Å². The number of aliphatic carboxylic acids is 3. The number of carbonyl (C=O) groups is 3. The highest BCUT2D eigenvalue weighted by Crippen LogP contribution is 2.27. The van der Waals surface area contributed by atoms with Crippen LogP contribution in [0.15, 0.2) is 12.2 Å². The van der Waals surface area contributed by atoms with Crippen molar-refractivity contribution in [1.29, 1.82) is 0 Å². The summed E-state index contributed by atoms with van der Waals surface area (Å²) in [5.74, 6) is -3.82. The van der Waals surface area contributed by atoms with Crippen molar-refractivity contribution in [2.45, 2.75) is 174 Å². The van der Waals surface area contributed by atoms with Gasteiger partial charge in [-0.2, -0.15) is 0 Å². The van der Waals surface area contributed by atoms with Gasteiger partial charge in [0.25, 0.3) is 0 Å². The van der Waals surface area contributed by atoms with E-state index in [1.54, 1.807) is 0 Å². The molecule has 0 bridgehead atoms. The van der Waals surface area contributed by atoms with Crippen molar-refractivity contribution < 1.29 is 34.2 Å². The summed E-state index contributed by atoms with van der Waals surface area (Å²) in [5, 5.41) is 31.0. The Morgan fingerprint density at radius 3 is 1.23 bits per heavy atom. The van der Waals surface area contributed by atoms with E-state index in [0.717, 1.165) is 25.7 Å². The molecule has 0 aromatic rings. The Hall–Kier alpha value is -1.89. The molecule has 3 unspecified atom stereocenters. The number of hydrogen-bond acceptors (Lipinski definition) is 4. The number of quaternary nitrogens is 1. The van der Waals surface area contributed by atoms with Crippen LogP contribution in [0.2, 0.25) is 0 Å². The van der Waals surface area contributed by atoms with Gasteiger partial charge in [0, 0.05) is 0 Å². The largest absolute Gasteiger partial charge is 0.544 e. The number of unbranched alkanes of at least 4 members (excludes halogenated alkanes) is 18. The Labute approximate surface area is 245 Å². The van der Waals surface area contributed by atoms with Crippen LogP contribution in [0.1, 0.15) is 156 Å². The molecular formula is C33H61NO6. The third-order valence-electron chi connectivity index (χ3n) is 8.78. The monoisotopic (exact) mass is 567 g/mol. The molecule has 3 atom stereocenters. The van der Waals surface area contributed by atoms with E-state index in [4.69, 9.17) is 0 Å². The maximum absolute atomic E-state index is 11.8. The molecule has 0 spiro atoms. The Morgan fingerprint density at radius 2 is 0.900 bits per heavy atom. The molecular weight excluding hydrogens is 506 g/mol. The van der Waals surface area contributed by atoms with Crippen molar-refractivity contribution in [1.82, 2.24) is 0 Å². The van der Waals surface area contributed by atoms with E-state index in [9.17, 15) is 29.7 Å². The lowest BCUT2D eigenvalue weighted by Crippen LogP contribution is -2.72. The average Bonchev–Trinajstić information content (AvgIpc) is 2.92. The van der Waals surface area contributed by atoms with E-state index < -0.39 is 40.5 Å². The number of carboxylic acids is 3. The highest BCUT2D eigenvalue weighted by Gasteiger charge is 2.50. The molecule has 0 saturated carbocycles. The minimum atomic E-state index is -1.42. The van der Waals surface area contributed by atoms with Crippen LogP contribution in [0.25, 0.3) is 0 Å². The molecule has 0 aromatic carbocycles. The lowest BCUT2D eigenvalue weighted by Gasteiger charge is -2.49. The van der Waals surface area contributed by atoms with Gasteiger partial charge >= 0.3 is 11.9 Å². The predicted molar refractivity (Wildman–Crippen MR) is 161 cm³/mol. The van der Waals surface area contributed by atoms with Gasteiger partial charge in [-0.1, -0.05) is 109 Å². The van der Waals surface area contributed by atoms with E-state index in [-0.39, 0.29) is 6.54 Å². The minimum Gasteiger partial charge on any atom is -0.544 e. The molecule has 2 N–H and O–H groups in total. The van der Waals surface area contributed by atoms with Gasteiger partial charge < -0.3 is 20.1 Å². The second-order valence-electron chi connectivity index (χ2n) is 11.8. The predicted octanol–water partition coefficient (Wildman–Crippen LogP) is 7.27. The molecule has 0 fully saturated rings. The lowest BCUT2D eigenvalue weighted by atomic mass is 10.00. The fourth-order valence-electron chi connectivity index (χ4n) is 5.89. The van der Waals surface area contributed by atoms with Crippen LogP contribution >= 0.6 is 0 Å². The molecule has 0 radical (unpaired) electrons. The standard InChI is InChI=1S/C33H61NO6/c1-5-6-7-8-9-10-11-12-13-14-15-16-17-18-19-20-21-22-23-24-25-26-27-34(28(2)31(35)36,29(3)32(37)38)30(4)33(39)40/h13-14,28-30H,5-12,15-27H2,1-4H3,(H2-,35,36,37,38,39,40)/b14-13+. The smallest absolute Gasteiger partial charge is 0.362 e. The summed E-state index contributed by atoms with van der Waals surface area (Å²) >= 11 is 0. The fraction of sp³-hybridized carbons (Fsp3) is 0.848. The molecule has 0 rings (SSSR count). The first-order chi connectivity index (χ1) is 19.1. The summed E-state index contributed by atoms with van der Waals surface area (Å²) in [5.41, 5.74) is 0. The summed E-state index contributed by atoms with van der Waals surface area (Å²) in [6.07, 6.45) is 29.0. The number of rotatable bonds is 28. The first-order valence-corrected chi connectivity index (χ1v) is 16.3. The Morgan fingerprint density at radius 1 is 0.575 bits per heavy atom. The van der Waals surface area contributed by atoms with Gasteiger partial charge in [-0.15, -0.1) is 0 Å². The molecule has 0 amide bonds. The van der Waals surface area contributed by atoms with Crippen LogP contribution < -0.4 is 5.11 Å². The van der Waals surface area contributed by atoms with Crippen molar-refractivity contribution in [3.05, 3.63) is 12.2 Å². The van der Waals surface area contributed by atoms with Crippen molar-refractivity contribution in [3.63, 3.8) is 0 Å². The number of carbonyl (C=O) groups excluding carboxylic acids is 1. The molecule has 0 heterocycles. The maximum Gasteiger partial charge on any atom is 0.362 e. The van der Waals surface area contributed by atoms with E-state index in [1.807, 2.05) is 0 Å². The molecule has 0 aliphatic heterocycles. The van der Waals surface area contributed by atoms with Gasteiger partial charge in [0.15, 0.2) is 12.1 Å². The highest BCUT2D eigenvalue weighted by atomic mass is 16.4. The summed E-state index contributed by atoms with van der Waals surface area (Å²) in [7, 11) is 0. The van der Waals surface area contributed by atoms with Crippen LogP contribution in [-0.2, 0) is 14.4 Å². The van der Waals surface area contributed by atoms with Gasteiger partial charge in [-0.05, 0) is 59.3 Å². The fourth-order valence-corrected chi connectivity index (χ4v) is 5.89. The highest BCUT2D eigenvalue weighted by molar-refractivity contribution is 5.76. The molecule has 7 heteroatoms. The van der Waals surface area contributed by atoms with Crippen molar-refractivity contribution in [2.24, 2.45) is 0 Å². The third kappa shape index (κ3) is 15.8. The van der Waals surface area contributed by atoms with Gasteiger partial charge in [0.1, 0.15) is 6.04 Å². The molecule has 0 saturated heterocycles. The lowest BCUT2D eigenvalue weighted by molar-refractivity contribution is -0.969. The van der Waals surface area contributed by atoms with Crippen LogP contribution in [0.4, 0.5) is 0 Å². The van der Waals surface area contributed by atoms with E-state index in [2.05, 4.69) is 19.1 Å². The molecule has 0 aliphatic carbocycles. The van der Waals surface area contributed by atoms with E-state index in [1.165, 1.54) is 117 Å². The summed E-state index contributed by atoms with van der Waals surface area (Å²) in [6, 6.07) is -3.56. The number of carboxylic acid groups (broad SMARTS) is 3. The molecule has 234 valence electrons. The zero-order valence-corrected chi connectivity index (χ0v) is 26.2. The maximum atomic E-state index is 11.8. The quantitative estimate of drug-likeness (QED) is 0.0584. The van der Waals surface area contributed by atoms with Crippen molar-refractivity contribution in [3.8, 4) is 0 Å². The van der Waals surface area contributed by atoms with Gasteiger partial charge in [-0.25, -0.2) is 9.59 Å². The zero-order chi connectivity index (χ0) is 30.2. The van der Waals surface area contributed by atoms with Gasteiger partial charge in [0.05, 0.1) is 12.5 Å². The van der Waals surface area contributed by atoms with Crippen LogP contribution in [0.5, 0.6) is 0 Å². The zero-order valence-electron chi connectivity index (χ0n) is 26.2. The molecule has 40 heavy (non-hydrogen) atoms. The Balaban J connectivity index is 3.99. The molecule has 0 aromatic heterocycles. The van der Waals surface area contributed by atoms with E-state index in [0.29, 0.717) is 6.42 Å². The van der Waals surface area contributed by atoms with Crippen LogP contribution in [0.3, 0.4) is 0 Å². The molecule has 7 nitrogen and oxygen atoms in total. The SMILES string of the molecule is CCCCCCCCC/C=C/CCCCCCCCCCCCC[N+](C(C)C(=O)[O-])(C(C)C(=O)O)C(C)C(=O)O. The Kier molecular flexibility index (Phi) is 22.7. The first kappa shape index (κ1) is 38.1. The van der Waals surface area contributed by atoms with Crippen molar-refractivity contribution in [2.75, 3.05) is 6.54 Å². The normalized spacial score (nSPS) is 15.5. The second kappa shape index (κ2) is 23.8. The van der Waals surface area contributed by atoms with Gasteiger partial charge in [-0.3, -0.25) is 4.48 Å². The first-order valence-electron chi connectivity index (χ1n) is 16.3. The summed E-state index contributed by atoms with van der Waals surface area (Å²) in [4.78, 5) is 35.3. The van der Waals surface area contributed by atoms with Crippen LogP contribution in [-0.4, -0.2) is 57.3 Å². The average molecular weight is 568 g/mol. The number of allylic oxidation sites excluding steroid dienone is 2.